The summed E-state index contributed by atoms with van der Waals surface area (Å²) in [6.45, 7) is 2.58. The lowest BCUT2D eigenvalue weighted by molar-refractivity contribution is -0.137. The van der Waals surface area contributed by atoms with E-state index in [4.69, 9.17) is 22.1 Å². The molecule has 1 aromatic rings. The van der Waals surface area contributed by atoms with Crippen LogP contribution in [0, 0.1) is 0 Å². The Morgan fingerprint density at radius 2 is 1.95 bits per heavy atom. The fourth-order valence-electron chi connectivity index (χ4n) is 1.88. The van der Waals surface area contributed by atoms with E-state index in [1.807, 2.05) is 6.92 Å². The molecule has 0 amide bonds. The van der Waals surface area contributed by atoms with Gasteiger partial charge in [0.15, 0.2) is 0 Å². The zero-order valence-electron chi connectivity index (χ0n) is 11.8. The van der Waals surface area contributed by atoms with Gasteiger partial charge in [-0.3, -0.25) is 0 Å². The maximum Gasteiger partial charge on any atom is 0.416 e. The highest BCUT2D eigenvalue weighted by Crippen LogP contribution is 2.35. The van der Waals surface area contributed by atoms with Crippen LogP contribution in [0.2, 0.25) is 5.02 Å². The van der Waals surface area contributed by atoms with Gasteiger partial charge in [0.2, 0.25) is 0 Å². The van der Waals surface area contributed by atoms with Crippen molar-refractivity contribution in [3.8, 4) is 5.75 Å². The van der Waals surface area contributed by atoms with Gasteiger partial charge in [-0.25, -0.2) is 0 Å². The van der Waals surface area contributed by atoms with Crippen molar-refractivity contribution < 1.29 is 17.9 Å². The monoisotopic (exact) mass is 345 g/mol. The molecule has 1 aromatic carbocycles. The predicted octanol–water partition coefficient (Wildman–Crippen LogP) is 5.07. The molecule has 1 atom stereocenters. The second-order valence-corrected chi connectivity index (χ2v) is 5.01. The van der Waals surface area contributed by atoms with Crippen molar-refractivity contribution in [1.29, 1.82) is 0 Å². The molecule has 1 rings (SSSR count). The first-order valence-corrected chi connectivity index (χ1v) is 6.99. The first kappa shape index (κ1) is 20.3. The molecule has 0 fully saturated rings. The summed E-state index contributed by atoms with van der Waals surface area (Å²) < 4.78 is 43.3. The molecule has 7 heteroatoms. The van der Waals surface area contributed by atoms with Crippen LogP contribution in [0.25, 0.3) is 0 Å². The summed E-state index contributed by atoms with van der Waals surface area (Å²) in [5.74, 6) is 0.287. The van der Waals surface area contributed by atoms with Crippen LogP contribution in [-0.2, 0) is 6.18 Å². The zero-order chi connectivity index (χ0) is 15.2. The van der Waals surface area contributed by atoms with Gasteiger partial charge in [0.05, 0.1) is 16.7 Å². The quantitative estimate of drug-likeness (QED) is 0.748. The molecule has 0 heterocycles. The van der Waals surface area contributed by atoms with Gasteiger partial charge in [0.25, 0.3) is 0 Å². The van der Waals surface area contributed by atoms with Crippen molar-refractivity contribution in [1.82, 2.24) is 0 Å². The normalized spacial score (nSPS) is 12.7. The smallest absolute Gasteiger partial charge is 0.416 e. The van der Waals surface area contributed by atoms with E-state index in [0.717, 1.165) is 37.8 Å². The van der Waals surface area contributed by atoms with Crippen LogP contribution < -0.4 is 10.5 Å². The van der Waals surface area contributed by atoms with Crippen LogP contribution in [0.5, 0.6) is 5.75 Å². The second kappa shape index (κ2) is 9.38. The van der Waals surface area contributed by atoms with Gasteiger partial charge < -0.3 is 10.5 Å². The first-order chi connectivity index (χ1) is 9.38. The second-order valence-electron chi connectivity index (χ2n) is 4.60. The van der Waals surface area contributed by atoms with Crippen molar-refractivity contribution in [2.45, 2.75) is 44.9 Å². The Balaban J connectivity index is 0.00000400. The zero-order valence-corrected chi connectivity index (χ0v) is 13.3. The van der Waals surface area contributed by atoms with Crippen molar-refractivity contribution in [2.24, 2.45) is 5.73 Å². The summed E-state index contributed by atoms with van der Waals surface area (Å²) in [5.41, 5.74) is 4.68. The molecular weight excluding hydrogens is 326 g/mol. The van der Waals surface area contributed by atoms with Gasteiger partial charge in [-0.15, -0.1) is 12.4 Å². The van der Waals surface area contributed by atoms with Gasteiger partial charge >= 0.3 is 6.18 Å². The standard InChI is InChI=1S/C14H19ClF3NO.ClH/c1-2-4-11(5-3-8-19)20-13-7-6-10(9-12(13)15)14(16,17)18;/h6-7,9,11H,2-5,8,19H2,1H3;1H/t11-;/m0./s1. The van der Waals surface area contributed by atoms with Crippen LogP contribution in [0.3, 0.4) is 0 Å². The number of hydrogen-bond acceptors (Lipinski definition) is 2. The van der Waals surface area contributed by atoms with E-state index in [-0.39, 0.29) is 29.3 Å². The molecule has 122 valence electrons. The predicted molar refractivity (Wildman–Crippen MR) is 81.3 cm³/mol. The molecular formula is C14H20Cl2F3NO. The minimum absolute atomic E-state index is 0. The molecule has 2 N–H and O–H groups in total. The van der Waals surface area contributed by atoms with Gasteiger partial charge in [-0.05, 0) is 44.0 Å². The highest BCUT2D eigenvalue weighted by Gasteiger charge is 2.31. The number of halogens is 5. The lowest BCUT2D eigenvalue weighted by Gasteiger charge is -2.19. The maximum atomic E-state index is 12.5. The molecule has 0 saturated heterocycles. The van der Waals surface area contributed by atoms with Gasteiger partial charge in [0.1, 0.15) is 5.75 Å². The van der Waals surface area contributed by atoms with Gasteiger partial charge in [-0.2, -0.15) is 13.2 Å². The summed E-state index contributed by atoms with van der Waals surface area (Å²) in [6.07, 6.45) is -1.15. The van der Waals surface area contributed by atoms with E-state index in [0.29, 0.717) is 6.54 Å². The topological polar surface area (TPSA) is 35.2 Å². The number of rotatable bonds is 7. The maximum absolute atomic E-state index is 12.5. The summed E-state index contributed by atoms with van der Waals surface area (Å²) in [6, 6.07) is 3.15. The minimum atomic E-state index is -4.40. The van der Waals surface area contributed by atoms with Gasteiger partial charge in [-0.1, -0.05) is 24.9 Å². The van der Waals surface area contributed by atoms with Crippen molar-refractivity contribution in [2.75, 3.05) is 6.54 Å². The average Bonchev–Trinajstić information content (AvgIpc) is 2.37. The number of benzene rings is 1. The highest BCUT2D eigenvalue weighted by atomic mass is 35.5. The van der Waals surface area contributed by atoms with Crippen LogP contribution in [-0.4, -0.2) is 12.6 Å². The Labute approximate surface area is 134 Å². The molecule has 0 aliphatic rings. The van der Waals surface area contributed by atoms with Gasteiger partial charge in [0, 0.05) is 0 Å². The van der Waals surface area contributed by atoms with E-state index in [2.05, 4.69) is 0 Å². The largest absolute Gasteiger partial charge is 0.489 e. The molecule has 0 saturated carbocycles. The number of ether oxygens (including phenoxy) is 1. The molecule has 0 radical (unpaired) electrons. The molecule has 0 bridgehead atoms. The van der Waals surface area contributed by atoms with Crippen molar-refractivity contribution in [3.05, 3.63) is 28.8 Å². The molecule has 0 unspecified atom stereocenters. The third kappa shape index (κ3) is 6.76. The average molecular weight is 346 g/mol. The van der Waals surface area contributed by atoms with E-state index in [9.17, 15) is 13.2 Å². The van der Waals surface area contributed by atoms with Crippen molar-refractivity contribution in [3.63, 3.8) is 0 Å². The van der Waals surface area contributed by atoms with Crippen LogP contribution in [0.4, 0.5) is 13.2 Å². The van der Waals surface area contributed by atoms with E-state index in [1.54, 1.807) is 0 Å². The highest BCUT2D eigenvalue weighted by molar-refractivity contribution is 6.32. The SMILES string of the molecule is CCC[C@@H](CCCN)Oc1ccc(C(F)(F)F)cc1Cl.Cl. The Morgan fingerprint density at radius 3 is 2.43 bits per heavy atom. The molecule has 21 heavy (non-hydrogen) atoms. The summed E-state index contributed by atoms with van der Waals surface area (Å²) in [7, 11) is 0. The fourth-order valence-corrected chi connectivity index (χ4v) is 2.11. The number of alkyl halides is 3. The third-order valence-electron chi connectivity index (χ3n) is 2.89. The molecule has 0 aliphatic carbocycles. The lowest BCUT2D eigenvalue weighted by Crippen LogP contribution is -2.18. The van der Waals surface area contributed by atoms with Crippen LogP contribution in [0.15, 0.2) is 18.2 Å². The number of nitrogens with two attached hydrogens (primary N) is 1. The number of hydrogen-bond donors (Lipinski definition) is 1. The Morgan fingerprint density at radius 1 is 1.29 bits per heavy atom. The molecule has 0 spiro atoms. The van der Waals surface area contributed by atoms with Crippen LogP contribution >= 0.6 is 24.0 Å². The van der Waals surface area contributed by atoms with Crippen molar-refractivity contribution >= 4 is 24.0 Å². The Kier molecular flexibility index (Phi) is 9.09. The lowest BCUT2D eigenvalue weighted by atomic mass is 10.1. The fraction of sp³-hybridized carbons (Fsp3) is 0.571. The molecule has 0 aliphatic heterocycles. The summed E-state index contributed by atoms with van der Waals surface area (Å²) >= 11 is 5.86. The first-order valence-electron chi connectivity index (χ1n) is 6.62. The minimum Gasteiger partial charge on any atom is -0.489 e. The van der Waals surface area contributed by atoms with E-state index in [1.165, 1.54) is 6.07 Å². The van der Waals surface area contributed by atoms with E-state index >= 15 is 0 Å². The Hall–Kier alpha value is -0.650. The third-order valence-corrected chi connectivity index (χ3v) is 3.19. The van der Waals surface area contributed by atoms with E-state index < -0.39 is 11.7 Å². The molecule has 0 aromatic heterocycles. The summed E-state index contributed by atoms with van der Waals surface area (Å²) in [5, 5.41) is -0.0197. The summed E-state index contributed by atoms with van der Waals surface area (Å²) in [4.78, 5) is 0. The van der Waals surface area contributed by atoms with Crippen LogP contribution in [0.1, 0.15) is 38.2 Å². The molecule has 2 nitrogen and oxygen atoms in total. The Bertz CT molecular complexity index is 427.